The van der Waals surface area contributed by atoms with Crippen LogP contribution in [0.15, 0.2) is 0 Å². The van der Waals surface area contributed by atoms with Gasteiger partial charge < -0.3 is 20.4 Å². The van der Waals surface area contributed by atoms with Crippen LogP contribution in [0, 0.1) is 22.7 Å². The van der Waals surface area contributed by atoms with E-state index in [-0.39, 0.29) is 42.1 Å². The first-order valence-corrected chi connectivity index (χ1v) is 18.0. The van der Waals surface area contributed by atoms with Gasteiger partial charge in [0, 0.05) is 9.65 Å². The van der Waals surface area contributed by atoms with Gasteiger partial charge >= 0.3 is 0 Å². The van der Waals surface area contributed by atoms with Gasteiger partial charge in [0.25, 0.3) is 0 Å². The smallest absolute Gasteiger partial charge is 0.0648 e. The zero-order chi connectivity index (χ0) is 30.9. The quantitative estimate of drug-likeness (QED) is 0.127. The number of halogens is 4. The molecule has 0 aromatic carbocycles. The van der Waals surface area contributed by atoms with Crippen LogP contribution in [0.25, 0.3) is 0 Å². The summed E-state index contributed by atoms with van der Waals surface area (Å²) in [6.07, 6.45) is 8.06. The van der Waals surface area contributed by atoms with E-state index >= 15 is 0 Å². The van der Waals surface area contributed by atoms with E-state index in [9.17, 15) is 20.4 Å². The molecule has 0 heterocycles. The largest absolute Gasteiger partial charge is 0.393 e. The summed E-state index contributed by atoms with van der Waals surface area (Å²) in [4.78, 5) is -0.512. The third-order valence-corrected chi connectivity index (χ3v) is 15.2. The first-order chi connectivity index (χ1) is 17.9. The fourth-order valence-corrected chi connectivity index (χ4v) is 7.83. The van der Waals surface area contributed by atoms with Gasteiger partial charge in [-0.05, 0) is 141 Å². The minimum Gasteiger partial charge on any atom is -0.393 e. The monoisotopic (exact) mass is 734 g/mol. The van der Waals surface area contributed by atoms with E-state index in [1.807, 2.05) is 41.5 Å². The van der Waals surface area contributed by atoms with Crippen molar-refractivity contribution in [3.05, 3.63) is 0 Å². The van der Waals surface area contributed by atoms with E-state index in [1.54, 1.807) is 0 Å². The molecule has 0 amide bonds. The number of hydrogen-bond acceptors (Lipinski definition) is 4. The Hall–Kier alpha value is 1.38. The van der Waals surface area contributed by atoms with Crippen molar-refractivity contribution in [2.45, 2.75) is 175 Å². The molecule has 2 saturated carbocycles. The summed E-state index contributed by atoms with van der Waals surface area (Å²) in [5.41, 5.74) is -2.14. The topological polar surface area (TPSA) is 80.9 Å². The normalized spacial score (nSPS) is 34.2. The van der Waals surface area contributed by atoms with E-state index < -0.39 is 23.4 Å². The molecule has 8 heteroatoms. The minimum absolute atomic E-state index is 0.118. The van der Waals surface area contributed by atoms with Gasteiger partial charge in [-0.3, -0.25) is 0 Å². The van der Waals surface area contributed by atoms with Crippen molar-refractivity contribution in [3.8, 4) is 0 Å². The minimum atomic E-state index is -0.803. The van der Waals surface area contributed by atoms with Crippen LogP contribution in [0.1, 0.15) is 132 Å². The van der Waals surface area contributed by atoms with Gasteiger partial charge in [-0.1, -0.05) is 45.7 Å². The second-order valence-electron chi connectivity index (χ2n) is 15.7. The Morgan fingerprint density at radius 1 is 0.675 bits per heavy atom. The van der Waals surface area contributed by atoms with E-state index in [2.05, 4.69) is 45.7 Å². The summed E-state index contributed by atoms with van der Waals surface area (Å²) < 4.78 is 0. The molecule has 2 rings (SSSR count). The molecular weight excluding hydrogens is 679 g/mol. The maximum Gasteiger partial charge on any atom is 0.0648 e. The van der Waals surface area contributed by atoms with Gasteiger partial charge in [-0.2, -0.15) is 0 Å². The third-order valence-electron chi connectivity index (χ3n) is 10.9. The van der Waals surface area contributed by atoms with E-state index in [4.69, 9.17) is 23.2 Å². The second kappa shape index (κ2) is 13.8. The highest BCUT2D eigenvalue weighted by Crippen LogP contribution is 2.52. The van der Waals surface area contributed by atoms with E-state index in [1.165, 1.54) is 0 Å². The molecule has 0 saturated heterocycles. The maximum absolute atomic E-state index is 11.3. The predicted molar refractivity (Wildman–Crippen MR) is 177 cm³/mol. The van der Waals surface area contributed by atoms with Gasteiger partial charge in [0.15, 0.2) is 0 Å². The summed E-state index contributed by atoms with van der Waals surface area (Å²) in [6.45, 7) is 16.1. The van der Waals surface area contributed by atoms with Crippen LogP contribution in [0.5, 0.6) is 0 Å². The molecule has 2 fully saturated rings. The Balaban J connectivity index is 1.89. The fraction of sp³-hybridized carbons (Fsp3) is 1.00. The van der Waals surface area contributed by atoms with Gasteiger partial charge in [-0.15, -0.1) is 23.2 Å². The molecular formula is C32H58Br2Cl2O4. The van der Waals surface area contributed by atoms with Crippen LogP contribution >= 0.6 is 55.1 Å². The molecule has 238 valence electrons. The van der Waals surface area contributed by atoms with Crippen molar-refractivity contribution in [2.75, 3.05) is 0 Å². The summed E-state index contributed by atoms with van der Waals surface area (Å²) in [6, 6.07) is 0. The van der Waals surface area contributed by atoms with Crippen LogP contribution in [-0.4, -0.2) is 63.2 Å². The van der Waals surface area contributed by atoms with Crippen molar-refractivity contribution in [3.63, 3.8) is 0 Å². The lowest BCUT2D eigenvalue weighted by Gasteiger charge is -2.37. The van der Waals surface area contributed by atoms with E-state index in [0.717, 1.165) is 51.4 Å². The molecule has 0 unspecified atom stereocenters. The van der Waals surface area contributed by atoms with Crippen LogP contribution in [0.3, 0.4) is 0 Å². The van der Waals surface area contributed by atoms with Crippen molar-refractivity contribution in [1.29, 1.82) is 0 Å². The van der Waals surface area contributed by atoms with Crippen molar-refractivity contribution < 1.29 is 20.4 Å². The molecule has 0 aliphatic heterocycles. The van der Waals surface area contributed by atoms with Gasteiger partial charge in [-0.25, -0.2) is 0 Å². The molecule has 2 aliphatic rings. The highest BCUT2D eigenvalue weighted by molar-refractivity contribution is 9.09. The van der Waals surface area contributed by atoms with Gasteiger partial charge in [0.2, 0.25) is 0 Å². The van der Waals surface area contributed by atoms with Gasteiger partial charge in [0.1, 0.15) is 0 Å². The Kier molecular flexibility index (Phi) is 13.0. The summed E-state index contributed by atoms with van der Waals surface area (Å²) in [5.74, 6) is 0.267. The molecule has 0 aromatic heterocycles. The lowest BCUT2D eigenvalue weighted by molar-refractivity contribution is -0.0378. The second-order valence-corrected chi connectivity index (χ2v) is 19.8. The molecule has 0 bridgehead atoms. The summed E-state index contributed by atoms with van der Waals surface area (Å²) in [7, 11) is 0. The Morgan fingerprint density at radius 3 is 1.25 bits per heavy atom. The first kappa shape index (κ1) is 37.6. The van der Waals surface area contributed by atoms with Crippen molar-refractivity contribution in [1.82, 2.24) is 0 Å². The number of hydrogen-bond donors (Lipinski definition) is 4. The molecule has 4 nitrogen and oxygen atoms in total. The van der Waals surface area contributed by atoms with E-state index in [0.29, 0.717) is 25.7 Å². The maximum atomic E-state index is 11.3. The van der Waals surface area contributed by atoms with Gasteiger partial charge in [0.05, 0.1) is 33.2 Å². The Bertz CT molecular complexity index is 746. The van der Waals surface area contributed by atoms with Crippen LogP contribution in [-0.2, 0) is 0 Å². The SMILES string of the molecule is CC(C)(Cl)[C@H](Br)CC[C@](C)(O)[C@H]1CC[C@@](C)([C@H](O)CC[C@@H](O)[C@]2(C)CC[C@H]([C@@](C)(O)CC[C@@H](Br)C(C)(C)Cl)C2)C1. The van der Waals surface area contributed by atoms with Crippen LogP contribution in [0.2, 0.25) is 0 Å². The average molecular weight is 738 g/mol. The zero-order valence-electron chi connectivity index (χ0n) is 26.3. The highest BCUT2D eigenvalue weighted by atomic mass is 79.9. The number of alkyl halides is 4. The van der Waals surface area contributed by atoms with Crippen molar-refractivity contribution in [2.24, 2.45) is 22.7 Å². The summed E-state index contributed by atoms with van der Waals surface area (Å²) in [5, 5.41) is 45.2. The Morgan fingerprint density at radius 2 is 0.975 bits per heavy atom. The fourth-order valence-electron chi connectivity index (χ4n) is 7.15. The number of aliphatic hydroxyl groups is 4. The number of rotatable bonds is 15. The standard InChI is InChI=1S/C32H58Br2Cl2O4/c1-27(2,35)23(33)13-17-31(7,39)21-11-15-29(5,19-21)25(37)9-10-26(38)30(6)16-12-22(20-30)32(8,40)18-14-24(34)28(3,4)36/h21-26,37-40H,9-20H2,1-8H3/t21-,22-,23+,24+,25+,26+,29+,30+,31-,32-/m0/s1. The average Bonchev–Trinajstić information content (AvgIpc) is 3.44. The van der Waals surface area contributed by atoms with Crippen LogP contribution in [0.4, 0.5) is 0 Å². The lowest BCUT2D eigenvalue weighted by atomic mass is 9.73. The molecule has 0 aromatic rings. The molecule has 10 atom stereocenters. The Labute approximate surface area is 272 Å². The highest BCUT2D eigenvalue weighted by Gasteiger charge is 2.49. The molecule has 40 heavy (non-hydrogen) atoms. The third kappa shape index (κ3) is 9.94. The molecule has 0 spiro atoms. The zero-order valence-corrected chi connectivity index (χ0v) is 30.9. The number of aliphatic hydroxyl groups excluding tert-OH is 2. The van der Waals surface area contributed by atoms with Crippen LogP contribution < -0.4 is 0 Å². The van der Waals surface area contributed by atoms with Crippen molar-refractivity contribution >= 4 is 55.1 Å². The molecule has 4 N–H and O–H groups in total. The first-order valence-electron chi connectivity index (χ1n) is 15.4. The molecule has 0 radical (unpaired) electrons. The lowest BCUT2D eigenvalue weighted by Crippen LogP contribution is -2.39. The summed E-state index contributed by atoms with van der Waals surface area (Å²) >= 11 is 20.2. The predicted octanol–water partition coefficient (Wildman–Crippen LogP) is 8.73. The molecule has 2 aliphatic carbocycles.